The molecule has 1 amide bonds. The number of anilines is 1. The average Bonchev–Trinajstić information content (AvgIpc) is 2.70. The number of carbonyl (C=O) groups excluding carboxylic acids is 1. The summed E-state index contributed by atoms with van der Waals surface area (Å²) in [6, 6.07) is 4.64. The monoisotopic (exact) mass is 236 g/mol. The Morgan fingerprint density at radius 1 is 1.53 bits per heavy atom. The molecule has 1 aliphatic rings. The van der Waals surface area contributed by atoms with Crippen LogP contribution in [0.1, 0.15) is 12.0 Å². The molecule has 3 nitrogen and oxygen atoms in total. The van der Waals surface area contributed by atoms with E-state index in [1.807, 2.05) is 7.05 Å². The van der Waals surface area contributed by atoms with E-state index < -0.39 is 0 Å². The number of rotatable bonds is 2. The Bertz CT molecular complexity index is 433. The van der Waals surface area contributed by atoms with Gasteiger partial charge in [0.25, 0.3) is 0 Å². The molecule has 0 aromatic heterocycles. The predicted molar refractivity (Wildman–Crippen MR) is 65.4 cm³/mol. The summed E-state index contributed by atoms with van der Waals surface area (Å²) in [6.45, 7) is 3.45. The largest absolute Gasteiger partial charge is 0.326 e. The Morgan fingerprint density at radius 3 is 2.88 bits per heavy atom. The third-order valence-corrected chi connectivity index (χ3v) is 3.19. The van der Waals surface area contributed by atoms with Gasteiger partial charge in [-0.3, -0.25) is 4.79 Å². The molecule has 1 fully saturated rings. The lowest BCUT2D eigenvalue weighted by Crippen LogP contribution is -2.25. The van der Waals surface area contributed by atoms with Gasteiger partial charge in [-0.2, -0.15) is 0 Å². The van der Waals surface area contributed by atoms with Crippen molar-refractivity contribution in [1.29, 1.82) is 0 Å². The molecule has 1 unspecified atom stereocenters. The predicted octanol–water partition coefficient (Wildman–Crippen LogP) is 2.02. The number of hydrogen-bond acceptors (Lipinski definition) is 2. The van der Waals surface area contributed by atoms with Crippen molar-refractivity contribution in [2.75, 3.05) is 25.5 Å². The zero-order valence-electron chi connectivity index (χ0n) is 10.2. The molecule has 0 saturated carbocycles. The molecule has 0 bridgehead atoms. The topological polar surface area (TPSA) is 32.3 Å². The normalized spacial score (nSPS) is 20.5. The number of likely N-dealkylation sites (tertiary alicyclic amines) is 1. The number of benzene rings is 1. The highest BCUT2D eigenvalue weighted by Gasteiger charge is 2.26. The Kier molecular flexibility index (Phi) is 3.43. The maximum atomic E-state index is 13.1. The summed E-state index contributed by atoms with van der Waals surface area (Å²) in [5, 5.41) is 2.84. The molecule has 1 N–H and O–H groups in total. The van der Waals surface area contributed by atoms with Gasteiger partial charge >= 0.3 is 0 Å². The van der Waals surface area contributed by atoms with Crippen LogP contribution in [-0.2, 0) is 4.79 Å². The minimum atomic E-state index is -0.247. The van der Waals surface area contributed by atoms with E-state index in [0.29, 0.717) is 11.3 Å². The second kappa shape index (κ2) is 4.84. The van der Waals surface area contributed by atoms with Crippen LogP contribution in [0.4, 0.5) is 10.1 Å². The molecule has 0 spiro atoms. The Labute approximate surface area is 101 Å². The van der Waals surface area contributed by atoms with Crippen LogP contribution in [0.25, 0.3) is 0 Å². The van der Waals surface area contributed by atoms with Gasteiger partial charge in [0.1, 0.15) is 5.82 Å². The summed E-state index contributed by atoms with van der Waals surface area (Å²) in [5.41, 5.74) is 1.22. The van der Waals surface area contributed by atoms with Crippen molar-refractivity contribution in [3.05, 3.63) is 29.6 Å². The van der Waals surface area contributed by atoms with E-state index in [9.17, 15) is 9.18 Å². The van der Waals surface area contributed by atoms with Gasteiger partial charge in [0.05, 0.1) is 5.92 Å². The standard InChI is InChI=1S/C13H17FN2O/c1-9-7-11(3-4-12(9)14)15-13(17)10-5-6-16(2)8-10/h3-4,7,10H,5-6,8H2,1-2H3,(H,15,17). The number of hydrogen-bond donors (Lipinski definition) is 1. The van der Waals surface area contributed by atoms with Crippen molar-refractivity contribution in [2.24, 2.45) is 5.92 Å². The number of halogens is 1. The number of carbonyl (C=O) groups is 1. The minimum Gasteiger partial charge on any atom is -0.326 e. The fraction of sp³-hybridized carbons (Fsp3) is 0.462. The summed E-state index contributed by atoms with van der Waals surface area (Å²) in [6.07, 6.45) is 0.891. The van der Waals surface area contributed by atoms with Crippen molar-refractivity contribution in [2.45, 2.75) is 13.3 Å². The first kappa shape index (κ1) is 12.0. The first-order chi connectivity index (χ1) is 8.06. The smallest absolute Gasteiger partial charge is 0.228 e. The lowest BCUT2D eigenvalue weighted by Gasteiger charge is -2.11. The van der Waals surface area contributed by atoms with E-state index in [1.54, 1.807) is 19.1 Å². The van der Waals surface area contributed by atoms with Crippen LogP contribution in [-0.4, -0.2) is 30.9 Å². The zero-order valence-corrected chi connectivity index (χ0v) is 10.2. The molecule has 1 atom stereocenters. The van der Waals surface area contributed by atoms with Gasteiger partial charge in [-0.05, 0) is 50.7 Å². The first-order valence-electron chi connectivity index (χ1n) is 5.82. The van der Waals surface area contributed by atoms with Gasteiger partial charge in [0.15, 0.2) is 0 Å². The highest BCUT2D eigenvalue weighted by molar-refractivity contribution is 5.92. The highest BCUT2D eigenvalue weighted by Crippen LogP contribution is 2.18. The third-order valence-electron chi connectivity index (χ3n) is 3.19. The van der Waals surface area contributed by atoms with Crippen molar-refractivity contribution in [3.63, 3.8) is 0 Å². The second-order valence-electron chi connectivity index (χ2n) is 4.70. The summed E-state index contributed by atoms with van der Waals surface area (Å²) in [4.78, 5) is 14.1. The summed E-state index contributed by atoms with van der Waals surface area (Å²) in [5.74, 6) is -0.172. The van der Waals surface area contributed by atoms with Crippen LogP contribution in [0.15, 0.2) is 18.2 Å². The quantitative estimate of drug-likeness (QED) is 0.852. The van der Waals surface area contributed by atoms with Crippen LogP contribution in [0.3, 0.4) is 0 Å². The van der Waals surface area contributed by atoms with E-state index in [1.165, 1.54) is 6.07 Å². The molecule has 17 heavy (non-hydrogen) atoms. The minimum absolute atomic E-state index is 0.0281. The maximum Gasteiger partial charge on any atom is 0.228 e. The molecule has 0 radical (unpaired) electrons. The third kappa shape index (κ3) is 2.82. The summed E-state index contributed by atoms with van der Waals surface area (Å²) in [7, 11) is 2.01. The SMILES string of the molecule is Cc1cc(NC(=O)C2CCN(C)C2)ccc1F. The van der Waals surface area contributed by atoms with Crippen molar-refractivity contribution < 1.29 is 9.18 Å². The number of nitrogens with zero attached hydrogens (tertiary/aromatic N) is 1. The van der Waals surface area contributed by atoms with Crippen LogP contribution in [0, 0.1) is 18.7 Å². The molecule has 4 heteroatoms. The van der Waals surface area contributed by atoms with Gasteiger partial charge in [0.2, 0.25) is 5.91 Å². The van der Waals surface area contributed by atoms with Gasteiger partial charge in [-0.25, -0.2) is 4.39 Å². The summed E-state index contributed by atoms with van der Waals surface area (Å²) < 4.78 is 13.1. The van der Waals surface area contributed by atoms with Crippen molar-refractivity contribution in [3.8, 4) is 0 Å². The van der Waals surface area contributed by atoms with Crippen LogP contribution >= 0.6 is 0 Å². The van der Waals surface area contributed by atoms with Gasteiger partial charge in [-0.1, -0.05) is 0 Å². The van der Waals surface area contributed by atoms with Gasteiger partial charge in [-0.15, -0.1) is 0 Å². The van der Waals surface area contributed by atoms with Crippen molar-refractivity contribution in [1.82, 2.24) is 4.90 Å². The molecule has 1 saturated heterocycles. The lowest BCUT2D eigenvalue weighted by molar-refractivity contribution is -0.119. The van der Waals surface area contributed by atoms with E-state index in [4.69, 9.17) is 0 Å². The lowest BCUT2D eigenvalue weighted by atomic mass is 10.1. The number of aryl methyl sites for hydroxylation is 1. The first-order valence-corrected chi connectivity index (χ1v) is 5.82. The number of amides is 1. The molecule has 2 rings (SSSR count). The van der Waals surface area contributed by atoms with E-state index >= 15 is 0 Å². The molecule has 1 aliphatic heterocycles. The zero-order chi connectivity index (χ0) is 12.4. The Balaban J connectivity index is 2.00. The molecule has 1 heterocycles. The van der Waals surface area contributed by atoms with E-state index in [2.05, 4.69) is 10.2 Å². The maximum absolute atomic E-state index is 13.1. The molecule has 92 valence electrons. The molecule has 0 aliphatic carbocycles. The van der Waals surface area contributed by atoms with Gasteiger partial charge in [0, 0.05) is 12.2 Å². The molecular weight excluding hydrogens is 219 g/mol. The number of nitrogens with one attached hydrogen (secondary N) is 1. The Morgan fingerprint density at radius 2 is 2.29 bits per heavy atom. The fourth-order valence-corrected chi connectivity index (χ4v) is 2.12. The van der Waals surface area contributed by atoms with E-state index in [0.717, 1.165) is 19.5 Å². The molecular formula is C13H17FN2O. The van der Waals surface area contributed by atoms with Crippen LogP contribution in [0.2, 0.25) is 0 Å². The van der Waals surface area contributed by atoms with Gasteiger partial charge < -0.3 is 10.2 Å². The second-order valence-corrected chi connectivity index (χ2v) is 4.70. The van der Waals surface area contributed by atoms with Crippen LogP contribution < -0.4 is 5.32 Å². The molecule has 1 aromatic carbocycles. The van der Waals surface area contributed by atoms with Crippen LogP contribution in [0.5, 0.6) is 0 Å². The molecule has 1 aromatic rings. The highest BCUT2D eigenvalue weighted by atomic mass is 19.1. The van der Waals surface area contributed by atoms with E-state index in [-0.39, 0.29) is 17.6 Å². The summed E-state index contributed by atoms with van der Waals surface area (Å²) >= 11 is 0. The average molecular weight is 236 g/mol. The van der Waals surface area contributed by atoms with Crippen molar-refractivity contribution >= 4 is 11.6 Å². The fourth-order valence-electron chi connectivity index (χ4n) is 2.12. The Hall–Kier alpha value is -1.42.